The second-order valence-electron chi connectivity index (χ2n) is 4.44. The van der Waals surface area contributed by atoms with Crippen LogP contribution in [0, 0.1) is 21.8 Å². The number of nitro groups is 1. The molecular formula is C12H15FN2O4. The average molecular weight is 270 g/mol. The largest absolute Gasteiger partial charge is 0.391 e. The molecule has 0 heterocycles. The van der Waals surface area contributed by atoms with Gasteiger partial charge in [0.15, 0.2) is 0 Å². The molecule has 1 rings (SSSR count). The summed E-state index contributed by atoms with van der Waals surface area (Å²) in [6, 6.07) is 2.72. The van der Waals surface area contributed by atoms with E-state index < -0.39 is 28.3 Å². The normalized spacial score (nSPS) is 12.3. The van der Waals surface area contributed by atoms with Gasteiger partial charge in [0, 0.05) is 18.7 Å². The van der Waals surface area contributed by atoms with Crippen molar-refractivity contribution < 1.29 is 19.2 Å². The number of rotatable bonds is 5. The van der Waals surface area contributed by atoms with Crippen molar-refractivity contribution in [2.45, 2.75) is 20.0 Å². The Morgan fingerprint density at radius 1 is 1.53 bits per heavy atom. The van der Waals surface area contributed by atoms with Crippen LogP contribution in [0.3, 0.4) is 0 Å². The lowest BCUT2D eigenvalue weighted by Gasteiger charge is -2.15. The van der Waals surface area contributed by atoms with Gasteiger partial charge in [-0.1, -0.05) is 13.8 Å². The second kappa shape index (κ2) is 6.24. The zero-order valence-electron chi connectivity index (χ0n) is 10.6. The van der Waals surface area contributed by atoms with Crippen LogP contribution in [0.2, 0.25) is 0 Å². The fraction of sp³-hybridized carbons (Fsp3) is 0.417. The lowest BCUT2D eigenvalue weighted by atomic mass is 10.1. The number of nitro benzene ring substituents is 1. The number of aliphatic hydroxyl groups is 1. The third-order valence-electron chi connectivity index (χ3n) is 2.65. The van der Waals surface area contributed by atoms with E-state index in [0.29, 0.717) is 0 Å². The van der Waals surface area contributed by atoms with Gasteiger partial charge >= 0.3 is 0 Å². The first-order valence-electron chi connectivity index (χ1n) is 5.73. The highest BCUT2D eigenvalue weighted by Crippen LogP contribution is 2.16. The van der Waals surface area contributed by atoms with E-state index in [4.69, 9.17) is 0 Å². The van der Waals surface area contributed by atoms with Crippen molar-refractivity contribution >= 4 is 11.6 Å². The van der Waals surface area contributed by atoms with Crippen molar-refractivity contribution in [2.24, 2.45) is 5.92 Å². The Hall–Kier alpha value is -2.02. The molecule has 1 aromatic carbocycles. The number of carbonyl (C=O) groups excluding carboxylic acids is 1. The van der Waals surface area contributed by atoms with Crippen LogP contribution in [0.1, 0.15) is 24.2 Å². The minimum atomic E-state index is -0.845. The molecular weight excluding hydrogens is 255 g/mol. The van der Waals surface area contributed by atoms with Crippen molar-refractivity contribution in [1.29, 1.82) is 0 Å². The van der Waals surface area contributed by atoms with Crippen LogP contribution >= 0.6 is 0 Å². The summed E-state index contributed by atoms with van der Waals surface area (Å²) in [4.78, 5) is 21.5. The first kappa shape index (κ1) is 15.0. The smallest absolute Gasteiger partial charge is 0.270 e. The Kier molecular flexibility index (Phi) is 4.94. The Labute approximate surface area is 109 Å². The summed E-state index contributed by atoms with van der Waals surface area (Å²) in [7, 11) is 0. The highest BCUT2D eigenvalue weighted by atomic mass is 19.1. The summed E-state index contributed by atoms with van der Waals surface area (Å²) in [5.41, 5.74) is -0.777. The van der Waals surface area contributed by atoms with Crippen molar-refractivity contribution in [3.63, 3.8) is 0 Å². The summed E-state index contributed by atoms with van der Waals surface area (Å²) in [5, 5.41) is 22.4. The van der Waals surface area contributed by atoms with E-state index in [0.717, 1.165) is 18.2 Å². The molecule has 0 aliphatic rings. The Balaban J connectivity index is 2.82. The van der Waals surface area contributed by atoms with Gasteiger partial charge in [-0.15, -0.1) is 0 Å². The lowest BCUT2D eigenvalue weighted by Crippen LogP contribution is -2.35. The number of amides is 1. The number of non-ortho nitro benzene ring substituents is 1. The molecule has 0 aliphatic heterocycles. The van der Waals surface area contributed by atoms with E-state index in [-0.39, 0.29) is 18.2 Å². The van der Waals surface area contributed by atoms with Crippen LogP contribution in [-0.2, 0) is 0 Å². The summed E-state index contributed by atoms with van der Waals surface area (Å²) < 4.78 is 13.4. The van der Waals surface area contributed by atoms with E-state index >= 15 is 0 Å². The Bertz CT molecular complexity index is 491. The zero-order valence-corrected chi connectivity index (χ0v) is 10.6. The van der Waals surface area contributed by atoms with E-state index in [1.165, 1.54) is 0 Å². The summed E-state index contributed by atoms with van der Waals surface area (Å²) >= 11 is 0. The molecule has 1 unspecified atom stereocenters. The number of nitrogens with zero attached hydrogens (tertiary/aromatic N) is 1. The number of hydrogen-bond acceptors (Lipinski definition) is 4. The van der Waals surface area contributed by atoms with Gasteiger partial charge in [0.25, 0.3) is 11.6 Å². The molecule has 104 valence electrons. The first-order chi connectivity index (χ1) is 8.82. The number of halogens is 1. The first-order valence-corrected chi connectivity index (χ1v) is 5.73. The average Bonchev–Trinajstić information content (AvgIpc) is 2.35. The maximum atomic E-state index is 13.4. The number of hydrogen-bond donors (Lipinski definition) is 2. The zero-order chi connectivity index (χ0) is 14.6. The summed E-state index contributed by atoms with van der Waals surface area (Å²) in [6.45, 7) is 3.49. The monoisotopic (exact) mass is 270 g/mol. The van der Waals surface area contributed by atoms with Crippen molar-refractivity contribution in [1.82, 2.24) is 5.32 Å². The molecule has 2 N–H and O–H groups in total. The van der Waals surface area contributed by atoms with Gasteiger partial charge in [0.05, 0.1) is 16.6 Å². The molecule has 1 amide bonds. The Morgan fingerprint density at radius 3 is 2.68 bits per heavy atom. The van der Waals surface area contributed by atoms with Crippen LogP contribution in [0.4, 0.5) is 10.1 Å². The van der Waals surface area contributed by atoms with Gasteiger partial charge in [-0.3, -0.25) is 14.9 Å². The topological polar surface area (TPSA) is 92.5 Å². The molecule has 1 atom stereocenters. The molecule has 0 saturated carbocycles. The molecule has 0 bridgehead atoms. The minimum absolute atomic E-state index is 0.0430. The van der Waals surface area contributed by atoms with E-state index in [9.17, 15) is 24.4 Å². The lowest BCUT2D eigenvalue weighted by molar-refractivity contribution is -0.384. The number of nitrogens with one attached hydrogen (secondary N) is 1. The number of benzene rings is 1. The SMILES string of the molecule is CC(C)C(O)CNC(=O)c1cc([N+](=O)[O-])ccc1F. The predicted molar refractivity (Wildman–Crippen MR) is 66.2 cm³/mol. The maximum Gasteiger partial charge on any atom is 0.270 e. The van der Waals surface area contributed by atoms with Crippen molar-refractivity contribution in [3.8, 4) is 0 Å². The summed E-state index contributed by atoms with van der Waals surface area (Å²) in [6.07, 6.45) is -0.759. The summed E-state index contributed by atoms with van der Waals surface area (Å²) in [5.74, 6) is -1.70. The predicted octanol–water partition coefficient (Wildman–Crippen LogP) is 1.48. The van der Waals surface area contributed by atoms with Crippen LogP contribution < -0.4 is 5.32 Å². The molecule has 0 aromatic heterocycles. The molecule has 0 spiro atoms. The number of aliphatic hydroxyl groups excluding tert-OH is 1. The third kappa shape index (κ3) is 3.99. The highest BCUT2D eigenvalue weighted by molar-refractivity contribution is 5.95. The van der Waals surface area contributed by atoms with E-state index in [2.05, 4.69) is 5.32 Å². The van der Waals surface area contributed by atoms with E-state index in [1.54, 1.807) is 13.8 Å². The van der Waals surface area contributed by atoms with Gasteiger partial charge in [-0.25, -0.2) is 4.39 Å². The Morgan fingerprint density at radius 2 is 2.16 bits per heavy atom. The van der Waals surface area contributed by atoms with Gasteiger partial charge in [0.1, 0.15) is 5.82 Å². The second-order valence-corrected chi connectivity index (χ2v) is 4.44. The van der Waals surface area contributed by atoms with Crippen LogP contribution in [0.5, 0.6) is 0 Å². The molecule has 6 nitrogen and oxygen atoms in total. The van der Waals surface area contributed by atoms with Gasteiger partial charge in [-0.05, 0) is 12.0 Å². The molecule has 0 aliphatic carbocycles. The van der Waals surface area contributed by atoms with Gasteiger partial charge in [0.2, 0.25) is 0 Å². The molecule has 0 saturated heterocycles. The molecule has 19 heavy (non-hydrogen) atoms. The maximum absolute atomic E-state index is 13.4. The van der Waals surface area contributed by atoms with Crippen molar-refractivity contribution in [3.05, 3.63) is 39.7 Å². The molecule has 7 heteroatoms. The van der Waals surface area contributed by atoms with Crippen LogP contribution in [0.15, 0.2) is 18.2 Å². The van der Waals surface area contributed by atoms with E-state index in [1.807, 2.05) is 0 Å². The molecule has 0 radical (unpaired) electrons. The fourth-order valence-electron chi connectivity index (χ4n) is 1.33. The molecule has 1 aromatic rings. The van der Waals surface area contributed by atoms with Crippen LogP contribution in [-0.4, -0.2) is 28.6 Å². The number of carbonyl (C=O) groups is 1. The quantitative estimate of drug-likeness (QED) is 0.626. The highest BCUT2D eigenvalue weighted by Gasteiger charge is 2.18. The minimum Gasteiger partial charge on any atom is -0.391 e. The fourth-order valence-corrected chi connectivity index (χ4v) is 1.33. The molecule has 0 fully saturated rings. The van der Waals surface area contributed by atoms with Crippen molar-refractivity contribution in [2.75, 3.05) is 6.54 Å². The third-order valence-corrected chi connectivity index (χ3v) is 2.65. The van der Waals surface area contributed by atoms with Gasteiger partial charge in [-0.2, -0.15) is 0 Å². The van der Waals surface area contributed by atoms with Crippen LogP contribution in [0.25, 0.3) is 0 Å². The van der Waals surface area contributed by atoms with Gasteiger partial charge < -0.3 is 10.4 Å². The standard InChI is InChI=1S/C12H15FN2O4/c1-7(2)11(16)6-14-12(17)9-5-8(15(18)19)3-4-10(9)13/h3-5,7,11,16H,6H2,1-2H3,(H,14,17).